The molecule has 0 saturated heterocycles. The van der Waals surface area contributed by atoms with Gasteiger partial charge in [-0.1, -0.05) is 31.2 Å². The van der Waals surface area contributed by atoms with E-state index in [1.165, 1.54) is 24.8 Å². The summed E-state index contributed by atoms with van der Waals surface area (Å²) in [6.07, 6.45) is 3.51. The molecule has 1 atom stereocenters. The standard InChI is InChI=1S/C19H30N2O2/c1-5-17(14-10-11-14)20-12-15-8-6-7-9-16(15)13-21-18(22)23-19(2,3)4/h6-9,14,17,20H,5,10-13H2,1-4H3,(H,21,22). The first-order chi connectivity index (χ1) is 10.9. The Hall–Kier alpha value is -1.55. The maximum atomic E-state index is 11.8. The number of ether oxygens (including phenoxy) is 1. The number of carbonyl (C=O) groups is 1. The fourth-order valence-corrected chi connectivity index (χ4v) is 2.77. The molecule has 1 amide bonds. The first-order valence-corrected chi connectivity index (χ1v) is 8.66. The van der Waals surface area contributed by atoms with E-state index in [9.17, 15) is 4.79 Å². The highest BCUT2D eigenvalue weighted by Crippen LogP contribution is 2.34. The maximum Gasteiger partial charge on any atom is 0.407 e. The molecule has 23 heavy (non-hydrogen) atoms. The van der Waals surface area contributed by atoms with E-state index in [-0.39, 0.29) is 6.09 Å². The molecule has 2 rings (SSSR count). The van der Waals surface area contributed by atoms with E-state index in [4.69, 9.17) is 4.74 Å². The summed E-state index contributed by atoms with van der Waals surface area (Å²) in [4.78, 5) is 11.8. The predicted molar refractivity (Wildman–Crippen MR) is 93.2 cm³/mol. The molecule has 1 unspecified atom stereocenters. The van der Waals surface area contributed by atoms with Gasteiger partial charge in [-0.15, -0.1) is 0 Å². The largest absolute Gasteiger partial charge is 0.444 e. The van der Waals surface area contributed by atoms with Gasteiger partial charge in [0, 0.05) is 19.1 Å². The van der Waals surface area contributed by atoms with Crippen LogP contribution in [0.1, 0.15) is 58.1 Å². The number of carbonyl (C=O) groups excluding carboxylic acids is 1. The lowest BCUT2D eigenvalue weighted by Gasteiger charge is -2.20. The highest BCUT2D eigenvalue weighted by molar-refractivity contribution is 5.67. The van der Waals surface area contributed by atoms with E-state index in [2.05, 4.69) is 29.7 Å². The average Bonchev–Trinajstić information content (AvgIpc) is 3.30. The summed E-state index contributed by atoms with van der Waals surface area (Å²) < 4.78 is 5.29. The Balaban J connectivity index is 1.88. The zero-order chi connectivity index (χ0) is 16.9. The minimum atomic E-state index is -0.468. The molecule has 0 aromatic heterocycles. The first-order valence-electron chi connectivity index (χ1n) is 8.66. The smallest absolute Gasteiger partial charge is 0.407 e. The summed E-state index contributed by atoms with van der Waals surface area (Å²) in [7, 11) is 0. The summed E-state index contributed by atoms with van der Waals surface area (Å²) in [5.41, 5.74) is 1.91. The Kier molecular flexibility index (Phi) is 6.05. The van der Waals surface area contributed by atoms with Crippen molar-refractivity contribution in [2.45, 2.75) is 71.7 Å². The Morgan fingerprint density at radius 2 is 1.83 bits per heavy atom. The third kappa shape index (κ3) is 6.22. The van der Waals surface area contributed by atoms with Crippen LogP contribution in [-0.4, -0.2) is 17.7 Å². The number of amides is 1. The lowest BCUT2D eigenvalue weighted by atomic mass is 10.1. The second kappa shape index (κ2) is 7.82. The molecule has 1 aromatic rings. The summed E-state index contributed by atoms with van der Waals surface area (Å²) in [5.74, 6) is 0.854. The van der Waals surface area contributed by atoms with Crippen molar-refractivity contribution >= 4 is 6.09 Å². The third-order valence-corrected chi connectivity index (χ3v) is 4.13. The SMILES string of the molecule is CCC(NCc1ccccc1CNC(=O)OC(C)(C)C)C1CC1. The van der Waals surface area contributed by atoms with E-state index in [1.807, 2.05) is 32.9 Å². The van der Waals surface area contributed by atoms with Crippen LogP contribution in [0.15, 0.2) is 24.3 Å². The number of hydrogen-bond acceptors (Lipinski definition) is 3. The van der Waals surface area contributed by atoms with Gasteiger partial charge in [0.1, 0.15) is 5.60 Å². The Morgan fingerprint density at radius 3 is 2.35 bits per heavy atom. The van der Waals surface area contributed by atoms with Crippen molar-refractivity contribution in [2.75, 3.05) is 0 Å². The minimum Gasteiger partial charge on any atom is -0.444 e. The molecule has 128 valence electrons. The van der Waals surface area contributed by atoms with Crippen LogP contribution in [0.4, 0.5) is 4.79 Å². The van der Waals surface area contributed by atoms with Crippen molar-refractivity contribution in [3.05, 3.63) is 35.4 Å². The number of nitrogens with one attached hydrogen (secondary N) is 2. The monoisotopic (exact) mass is 318 g/mol. The molecular formula is C19H30N2O2. The van der Waals surface area contributed by atoms with E-state index >= 15 is 0 Å². The van der Waals surface area contributed by atoms with Gasteiger partial charge in [0.2, 0.25) is 0 Å². The van der Waals surface area contributed by atoms with E-state index < -0.39 is 5.60 Å². The first kappa shape index (κ1) is 17.8. The number of benzene rings is 1. The minimum absolute atomic E-state index is 0.371. The topological polar surface area (TPSA) is 50.4 Å². The van der Waals surface area contributed by atoms with Crippen molar-refractivity contribution in [3.63, 3.8) is 0 Å². The lowest BCUT2D eigenvalue weighted by Crippen LogP contribution is -2.33. The molecule has 0 radical (unpaired) electrons. The van der Waals surface area contributed by atoms with Crippen LogP contribution in [0.3, 0.4) is 0 Å². The molecule has 1 saturated carbocycles. The molecule has 1 aromatic carbocycles. The number of hydrogen-bond donors (Lipinski definition) is 2. The Bertz CT molecular complexity index is 518. The van der Waals surface area contributed by atoms with Crippen LogP contribution >= 0.6 is 0 Å². The molecule has 1 aliphatic rings. The normalized spacial score (nSPS) is 16.0. The summed E-state index contributed by atoms with van der Waals surface area (Å²) in [5, 5.41) is 6.51. The van der Waals surface area contributed by atoms with Gasteiger partial charge in [0.25, 0.3) is 0 Å². The second-order valence-electron chi connectivity index (χ2n) is 7.36. The van der Waals surface area contributed by atoms with Crippen LogP contribution in [-0.2, 0) is 17.8 Å². The summed E-state index contributed by atoms with van der Waals surface area (Å²) in [6, 6.07) is 8.85. The average molecular weight is 318 g/mol. The van der Waals surface area contributed by atoms with Crippen molar-refractivity contribution in [2.24, 2.45) is 5.92 Å². The molecule has 0 bridgehead atoms. The number of alkyl carbamates (subject to hydrolysis) is 1. The highest BCUT2D eigenvalue weighted by Gasteiger charge is 2.29. The fraction of sp³-hybridized carbons (Fsp3) is 0.632. The molecule has 0 heterocycles. The second-order valence-corrected chi connectivity index (χ2v) is 7.36. The van der Waals surface area contributed by atoms with E-state index in [1.54, 1.807) is 0 Å². The van der Waals surface area contributed by atoms with Crippen molar-refractivity contribution in [3.8, 4) is 0 Å². The fourth-order valence-electron chi connectivity index (χ4n) is 2.77. The molecule has 4 heteroatoms. The molecule has 0 aliphatic heterocycles. The molecule has 4 nitrogen and oxygen atoms in total. The molecule has 2 N–H and O–H groups in total. The molecule has 0 spiro atoms. The van der Waals surface area contributed by atoms with Gasteiger partial charge in [-0.2, -0.15) is 0 Å². The molecule has 1 fully saturated rings. The van der Waals surface area contributed by atoms with Crippen LogP contribution in [0.5, 0.6) is 0 Å². The van der Waals surface area contributed by atoms with Gasteiger partial charge >= 0.3 is 6.09 Å². The van der Waals surface area contributed by atoms with Gasteiger partial charge in [0.05, 0.1) is 0 Å². The van der Waals surface area contributed by atoms with Gasteiger partial charge in [-0.25, -0.2) is 4.79 Å². The van der Waals surface area contributed by atoms with Gasteiger partial charge in [0.15, 0.2) is 0 Å². The van der Waals surface area contributed by atoms with E-state index in [0.29, 0.717) is 12.6 Å². The maximum absolute atomic E-state index is 11.8. The summed E-state index contributed by atoms with van der Waals surface area (Å²) in [6.45, 7) is 9.19. The number of rotatable bonds is 7. The van der Waals surface area contributed by atoms with Crippen LogP contribution in [0.2, 0.25) is 0 Å². The van der Waals surface area contributed by atoms with Crippen LogP contribution in [0, 0.1) is 5.92 Å². The highest BCUT2D eigenvalue weighted by atomic mass is 16.6. The molecule has 1 aliphatic carbocycles. The lowest BCUT2D eigenvalue weighted by molar-refractivity contribution is 0.0523. The van der Waals surface area contributed by atoms with Gasteiger partial charge in [-0.05, 0) is 57.1 Å². The van der Waals surface area contributed by atoms with Crippen LogP contribution < -0.4 is 10.6 Å². The van der Waals surface area contributed by atoms with Crippen molar-refractivity contribution in [1.29, 1.82) is 0 Å². The Morgan fingerprint density at radius 1 is 1.22 bits per heavy atom. The van der Waals surface area contributed by atoms with Crippen molar-refractivity contribution < 1.29 is 9.53 Å². The van der Waals surface area contributed by atoms with Crippen LogP contribution in [0.25, 0.3) is 0 Å². The zero-order valence-corrected chi connectivity index (χ0v) is 14.8. The third-order valence-electron chi connectivity index (χ3n) is 4.13. The Labute approximate surface area is 140 Å². The zero-order valence-electron chi connectivity index (χ0n) is 14.8. The van der Waals surface area contributed by atoms with Gasteiger partial charge in [-0.3, -0.25) is 0 Å². The summed E-state index contributed by atoms with van der Waals surface area (Å²) >= 11 is 0. The van der Waals surface area contributed by atoms with E-state index in [0.717, 1.165) is 18.0 Å². The molecular weight excluding hydrogens is 288 g/mol. The van der Waals surface area contributed by atoms with Crippen molar-refractivity contribution in [1.82, 2.24) is 10.6 Å². The van der Waals surface area contributed by atoms with Gasteiger partial charge < -0.3 is 15.4 Å². The predicted octanol–water partition coefficient (Wildman–Crippen LogP) is 3.99. The quantitative estimate of drug-likeness (QED) is 0.799.